The number of carbonyl (C=O) groups is 2. The van der Waals surface area contributed by atoms with E-state index in [1.807, 2.05) is 38.1 Å². The first-order valence-electron chi connectivity index (χ1n) is 7.77. The van der Waals surface area contributed by atoms with Gasteiger partial charge in [-0.1, -0.05) is 30.7 Å². The van der Waals surface area contributed by atoms with Crippen molar-refractivity contribution >= 4 is 24.0 Å². The number of aryl methyl sites for hydroxylation is 1. The summed E-state index contributed by atoms with van der Waals surface area (Å²) < 4.78 is 1.97. The van der Waals surface area contributed by atoms with Gasteiger partial charge >= 0.3 is 0 Å². The highest BCUT2D eigenvalue weighted by Gasteiger charge is 2.13. The van der Waals surface area contributed by atoms with Gasteiger partial charge < -0.3 is 10.6 Å². The number of amides is 2. The van der Waals surface area contributed by atoms with E-state index in [1.165, 1.54) is 0 Å². The van der Waals surface area contributed by atoms with E-state index < -0.39 is 0 Å². The Bertz CT molecular complexity index is 781. The van der Waals surface area contributed by atoms with Crippen LogP contribution in [0.5, 0.6) is 0 Å². The molecule has 2 rings (SSSR count). The van der Waals surface area contributed by atoms with Crippen molar-refractivity contribution in [3.05, 3.63) is 34.6 Å². The van der Waals surface area contributed by atoms with Gasteiger partial charge in [0.15, 0.2) is 10.6 Å². The van der Waals surface area contributed by atoms with E-state index in [0.29, 0.717) is 17.1 Å². The summed E-state index contributed by atoms with van der Waals surface area (Å²) in [6.07, 6.45) is 0.851. The van der Waals surface area contributed by atoms with E-state index in [-0.39, 0.29) is 24.9 Å². The SMILES string of the molecule is CCCNC(=O)CNC(=O)Cn1c(-c2cccc(C)c2)n[nH]c1=S. The predicted molar refractivity (Wildman–Crippen MR) is 93.9 cm³/mol. The smallest absolute Gasteiger partial charge is 0.240 e. The molecule has 0 aliphatic carbocycles. The van der Waals surface area contributed by atoms with Gasteiger partial charge in [0.2, 0.25) is 11.8 Å². The first-order chi connectivity index (χ1) is 11.5. The molecule has 1 heterocycles. The number of benzene rings is 1. The molecular weight excluding hydrogens is 326 g/mol. The predicted octanol–water partition coefficient (Wildman–Crippen LogP) is 1.56. The Hall–Kier alpha value is -2.48. The summed E-state index contributed by atoms with van der Waals surface area (Å²) >= 11 is 5.20. The molecule has 2 amide bonds. The van der Waals surface area contributed by atoms with Gasteiger partial charge in [0, 0.05) is 12.1 Å². The molecule has 0 saturated heterocycles. The summed E-state index contributed by atoms with van der Waals surface area (Å²) in [6.45, 7) is 4.49. The molecule has 1 aromatic heterocycles. The molecule has 0 aliphatic rings. The molecule has 24 heavy (non-hydrogen) atoms. The van der Waals surface area contributed by atoms with Gasteiger partial charge in [0.05, 0.1) is 6.54 Å². The van der Waals surface area contributed by atoms with Gasteiger partial charge in [0.1, 0.15) is 6.54 Å². The van der Waals surface area contributed by atoms with Gasteiger partial charge in [0.25, 0.3) is 0 Å². The number of hydrogen-bond acceptors (Lipinski definition) is 4. The Labute approximate surface area is 145 Å². The topological polar surface area (TPSA) is 91.8 Å². The molecule has 3 N–H and O–H groups in total. The van der Waals surface area contributed by atoms with Gasteiger partial charge in [-0.2, -0.15) is 5.10 Å². The van der Waals surface area contributed by atoms with Crippen LogP contribution in [0.3, 0.4) is 0 Å². The Kier molecular flexibility index (Phi) is 6.25. The Morgan fingerprint density at radius 1 is 1.29 bits per heavy atom. The minimum atomic E-state index is -0.298. The lowest BCUT2D eigenvalue weighted by Gasteiger charge is -2.09. The van der Waals surface area contributed by atoms with Crippen LogP contribution in [0, 0.1) is 11.7 Å². The van der Waals surface area contributed by atoms with Crippen LogP contribution in [-0.2, 0) is 16.1 Å². The Morgan fingerprint density at radius 3 is 2.79 bits per heavy atom. The largest absolute Gasteiger partial charge is 0.355 e. The minimum absolute atomic E-state index is 0.000331. The maximum absolute atomic E-state index is 12.1. The van der Waals surface area contributed by atoms with Crippen LogP contribution < -0.4 is 10.6 Å². The van der Waals surface area contributed by atoms with Crippen LogP contribution in [0.1, 0.15) is 18.9 Å². The summed E-state index contributed by atoms with van der Waals surface area (Å²) in [5, 5.41) is 12.2. The zero-order valence-electron chi connectivity index (χ0n) is 13.8. The first-order valence-corrected chi connectivity index (χ1v) is 8.17. The lowest BCUT2D eigenvalue weighted by atomic mass is 10.1. The summed E-state index contributed by atoms with van der Waals surface area (Å²) in [5.74, 6) is 0.0854. The Morgan fingerprint density at radius 2 is 2.08 bits per heavy atom. The van der Waals surface area contributed by atoms with E-state index in [4.69, 9.17) is 12.2 Å². The molecule has 0 aliphatic heterocycles. The van der Waals surface area contributed by atoms with E-state index in [2.05, 4.69) is 20.8 Å². The number of nitrogens with zero attached hydrogens (tertiary/aromatic N) is 2. The number of hydrogen-bond donors (Lipinski definition) is 3. The van der Waals surface area contributed by atoms with E-state index >= 15 is 0 Å². The number of nitrogens with one attached hydrogen (secondary N) is 3. The summed E-state index contributed by atoms with van der Waals surface area (Å²) in [5.41, 5.74) is 1.96. The fourth-order valence-corrected chi connectivity index (χ4v) is 2.37. The number of aromatic nitrogens is 3. The normalized spacial score (nSPS) is 10.4. The van der Waals surface area contributed by atoms with Gasteiger partial charge in [-0.3, -0.25) is 19.3 Å². The average Bonchev–Trinajstić information content (AvgIpc) is 2.92. The second-order valence-electron chi connectivity index (χ2n) is 5.43. The molecule has 0 bridgehead atoms. The summed E-state index contributed by atoms with van der Waals surface area (Å²) in [6, 6.07) is 7.78. The quantitative estimate of drug-likeness (QED) is 0.663. The van der Waals surface area contributed by atoms with E-state index in [9.17, 15) is 9.59 Å². The summed E-state index contributed by atoms with van der Waals surface area (Å²) in [4.78, 5) is 23.6. The molecule has 0 atom stereocenters. The van der Waals surface area contributed by atoms with Crippen molar-refractivity contribution in [3.8, 4) is 11.4 Å². The highest BCUT2D eigenvalue weighted by Crippen LogP contribution is 2.18. The van der Waals surface area contributed by atoms with Gasteiger partial charge in [-0.25, -0.2) is 0 Å². The minimum Gasteiger partial charge on any atom is -0.355 e. The van der Waals surface area contributed by atoms with Crippen molar-refractivity contribution in [3.63, 3.8) is 0 Å². The molecule has 0 radical (unpaired) electrons. The van der Waals surface area contributed by atoms with Crippen molar-refractivity contribution in [2.75, 3.05) is 13.1 Å². The molecule has 7 nitrogen and oxygen atoms in total. The van der Waals surface area contributed by atoms with Crippen molar-refractivity contribution in [1.29, 1.82) is 0 Å². The molecular formula is C16H21N5O2S. The van der Waals surface area contributed by atoms with Crippen molar-refractivity contribution < 1.29 is 9.59 Å². The molecule has 0 fully saturated rings. The molecule has 2 aromatic rings. The third-order valence-electron chi connectivity index (χ3n) is 3.35. The third-order valence-corrected chi connectivity index (χ3v) is 3.67. The average molecular weight is 347 g/mol. The fraction of sp³-hybridized carbons (Fsp3) is 0.375. The summed E-state index contributed by atoms with van der Waals surface area (Å²) in [7, 11) is 0. The van der Waals surface area contributed by atoms with E-state index in [0.717, 1.165) is 17.5 Å². The maximum atomic E-state index is 12.1. The number of carbonyl (C=O) groups excluding carboxylic acids is 2. The van der Waals surface area contributed by atoms with Crippen LogP contribution in [0.15, 0.2) is 24.3 Å². The van der Waals surface area contributed by atoms with Crippen molar-refractivity contribution in [2.45, 2.75) is 26.8 Å². The zero-order valence-corrected chi connectivity index (χ0v) is 14.6. The standard InChI is InChI=1S/C16H21N5O2S/c1-3-7-17-13(22)9-18-14(23)10-21-15(19-20-16(21)24)12-6-4-5-11(2)8-12/h4-6,8H,3,7,9-10H2,1-2H3,(H,17,22)(H,18,23)(H,20,24). The van der Waals surface area contributed by atoms with Crippen molar-refractivity contribution in [2.24, 2.45) is 0 Å². The van der Waals surface area contributed by atoms with E-state index in [1.54, 1.807) is 4.57 Å². The van der Waals surface area contributed by atoms with Crippen LogP contribution in [0.4, 0.5) is 0 Å². The number of H-pyrrole nitrogens is 1. The molecule has 0 saturated carbocycles. The van der Waals surface area contributed by atoms with Crippen LogP contribution in [0.2, 0.25) is 0 Å². The van der Waals surface area contributed by atoms with Crippen LogP contribution in [-0.4, -0.2) is 39.7 Å². The second kappa shape index (κ2) is 8.39. The highest BCUT2D eigenvalue weighted by molar-refractivity contribution is 7.71. The molecule has 1 aromatic carbocycles. The monoisotopic (exact) mass is 347 g/mol. The van der Waals surface area contributed by atoms with Crippen molar-refractivity contribution in [1.82, 2.24) is 25.4 Å². The highest BCUT2D eigenvalue weighted by atomic mass is 32.1. The molecule has 0 unspecified atom stereocenters. The first kappa shape index (κ1) is 17.9. The number of aromatic amines is 1. The lowest BCUT2D eigenvalue weighted by Crippen LogP contribution is -2.38. The second-order valence-corrected chi connectivity index (χ2v) is 5.82. The van der Waals surface area contributed by atoms with Gasteiger partial charge in [-0.15, -0.1) is 0 Å². The zero-order chi connectivity index (χ0) is 17.5. The third kappa shape index (κ3) is 4.76. The Balaban J connectivity index is 2.05. The fourth-order valence-electron chi connectivity index (χ4n) is 2.17. The molecule has 8 heteroatoms. The van der Waals surface area contributed by atoms with Gasteiger partial charge in [-0.05, 0) is 31.6 Å². The lowest BCUT2D eigenvalue weighted by molar-refractivity contribution is -0.126. The van der Waals surface area contributed by atoms with Crippen LogP contribution in [0.25, 0.3) is 11.4 Å². The number of rotatable bonds is 7. The molecule has 0 spiro atoms. The molecule has 128 valence electrons. The maximum Gasteiger partial charge on any atom is 0.240 e. The van der Waals surface area contributed by atoms with Crippen LogP contribution >= 0.6 is 12.2 Å².